The number of aliphatic hydroxyl groups excluding tert-OH is 4. The molecule has 2 aliphatic rings. The predicted molar refractivity (Wildman–Crippen MR) is 48.6 cm³/mol. The molecule has 2 heterocycles. The highest BCUT2D eigenvalue weighted by Gasteiger charge is 2.58. The smallest absolute Gasteiger partial charge is 0.0995 e. The maximum Gasteiger partial charge on any atom is 0.0995 e. The van der Waals surface area contributed by atoms with Gasteiger partial charge in [-0.05, 0) is 13.8 Å². The summed E-state index contributed by atoms with van der Waals surface area (Å²) in [5.74, 6) is 0. The van der Waals surface area contributed by atoms with Crippen LogP contribution in [0.4, 0.5) is 0 Å². The minimum absolute atomic E-state index is 0.225. The molecular formula is C9H17NO4. The molecular weight excluding hydrogens is 186 g/mol. The summed E-state index contributed by atoms with van der Waals surface area (Å²) in [6.07, 6.45) is -3.63. The molecule has 5 heteroatoms. The third-order valence-electron chi connectivity index (χ3n) is 3.67. The van der Waals surface area contributed by atoms with E-state index in [1.165, 1.54) is 0 Å². The molecule has 6 atom stereocenters. The lowest BCUT2D eigenvalue weighted by atomic mass is 10.0. The van der Waals surface area contributed by atoms with Crippen molar-refractivity contribution in [3.8, 4) is 0 Å². The van der Waals surface area contributed by atoms with Crippen LogP contribution in [0.5, 0.6) is 0 Å². The Bertz CT molecular complexity index is 193. The zero-order valence-electron chi connectivity index (χ0n) is 8.28. The van der Waals surface area contributed by atoms with E-state index in [0.29, 0.717) is 0 Å². The summed E-state index contributed by atoms with van der Waals surface area (Å²) in [4.78, 5) is 1.80. The van der Waals surface area contributed by atoms with Gasteiger partial charge in [-0.3, -0.25) is 4.90 Å². The number of nitrogens with zero attached hydrogens (tertiary/aromatic N) is 1. The van der Waals surface area contributed by atoms with Gasteiger partial charge in [-0.15, -0.1) is 0 Å². The molecule has 0 saturated carbocycles. The van der Waals surface area contributed by atoms with Crippen molar-refractivity contribution < 1.29 is 20.4 Å². The maximum atomic E-state index is 9.68. The molecule has 82 valence electrons. The predicted octanol–water partition coefficient (Wildman–Crippen LogP) is -2.10. The molecule has 0 bridgehead atoms. The van der Waals surface area contributed by atoms with Gasteiger partial charge in [0.05, 0.1) is 30.5 Å². The van der Waals surface area contributed by atoms with Gasteiger partial charge in [0.2, 0.25) is 0 Å². The van der Waals surface area contributed by atoms with Crippen molar-refractivity contribution in [3.63, 3.8) is 0 Å². The SMILES string of the molecule is CC1C(O)C(O)C2C(O)C(O)C(C)N12. The third kappa shape index (κ3) is 1.07. The average Bonchev–Trinajstić information content (AvgIpc) is 2.51. The fourth-order valence-electron chi connectivity index (χ4n) is 2.80. The first kappa shape index (κ1) is 10.3. The zero-order valence-corrected chi connectivity index (χ0v) is 8.28. The van der Waals surface area contributed by atoms with Crippen LogP contribution in [0.25, 0.3) is 0 Å². The number of hydrogen-bond donors (Lipinski definition) is 4. The summed E-state index contributed by atoms with van der Waals surface area (Å²) < 4.78 is 0. The fraction of sp³-hybridized carbons (Fsp3) is 1.00. The van der Waals surface area contributed by atoms with Gasteiger partial charge in [-0.1, -0.05) is 0 Å². The molecule has 2 aliphatic heterocycles. The Morgan fingerprint density at radius 2 is 1.07 bits per heavy atom. The zero-order chi connectivity index (χ0) is 10.6. The van der Waals surface area contributed by atoms with Crippen molar-refractivity contribution >= 4 is 0 Å². The number of hydrogen-bond acceptors (Lipinski definition) is 5. The Hall–Kier alpha value is -0.200. The average molecular weight is 203 g/mol. The van der Waals surface area contributed by atoms with Crippen molar-refractivity contribution in [1.82, 2.24) is 4.90 Å². The quantitative estimate of drug-likeness (QED) is 0.362. The Labute approximate surface area is 82.6 Å². The van der Waals surface area contributed by atoms with Gasteiger partial charge in [0.1, 0.15) is 0 Å². The molecule has 0 radical (unpaired) electrons. The Morgan fingerprint density at radius 1 is 0.714 bits per heavy atom. The van der Waals surface area contributed by atoms with Gasteiger partial charge in [0.15, 0.2) is 0 Å². The standard InChI is InChI=1S/C9H17NO4/c1-3-6(11)8(13)5-9(14)7(12)4(2)10(3)5/h3-9,11-14H,1-2H3. The molecule has 2 rings (SSSR count). The van der Waals surface area contributed by atoms with Crippen LogP contribution < -0.4 is 0 Å². The van der Waals surface area contributed by atoms with Crippen LogP contribution in [0, 0.1) is 0 Å². The summed E-state index contributed by atoms with van der Waals surface area (Å²) in [6.45, 7) is 3.57. The molecule has 0 aromatic heterocycles. The molecule has 0 amide bonds. The summed E-state index contributed by atoms with van der Waals surface area (Å²) in [5, 5.41) is 38.6. The lowest BCUT2D eigenvalue weighted by Gasteiger charge is -2.26. The van der Waals surface area contributed by atoms with Gasteiger partial charge in [0.25, 0.3) is 0 Å². The second-order valence-electron chi connectivity index (χ2n) is 4.38. The van der Waals surface area contributed by atoms with Crippen molar-refractivity contribution in [2.75, 3.05) is 0 Å². The van der Waals surface area contributed by atoms with Crippen LogP contribution in [0.15, 0.2) is 0 Å². The van der Waals surface area contributed by atoms with Gasteiger partial charge >= 0.3 is 0 Å². The minimum Gasteiger partial charge on any atom is -0.389 e. The topological polar surface area (TPSA) is 84.2 Å². The van der Waals surface area contributed by atoms with E-state index >= 15 is 0 Å². The summed E-state index contributed by atoms with van der Waals surface area (Å²) in [5.41, 5.74) is 0. The fourth-order valence-corrected chi connectivity index (χ4v) is 2.80. The van der Waals surface area contributed by atoms with Crippen molar-refractivity contribution in [3.05, 3.63) is 0 Å². The molecule has 0 aliphatic carbocycles. The third-order valence-corrected chi connectivity index (χ3v) is 3.67. The molecule has 0 aromatic rings. The highest BCUT2D eigenvalue weighted by molar-refractivity contribution is 5.11. The maximum absolute atomic E-state index is 9.68. The Morgan fingerprint density at radius 3 is 1.36 bits per heavy atom. The monoisotopic (exact) mass is 203 g/mol. The van der Waals surface area contributed by atoms with E-state index in [9.17, 15) is 20.4 Å². The summed E-state index contributed by atoms with van der Waals surface area (Å²) >= 11 is 0. The van der Waals surface area contributed by atoms with Crippen molar-refractivity contribution in [2.45, 2.75) is 56.4 Å². The van der Waals surface area contributed by atoms with Crippen LogP contribution >= 0.6 is 0 Å². The molecule has 14 heavy (non-hydrogen) atoms. The molecule has 2 saturated heterocycles. The van der Waals surface area contributed by atoms with E-state index in [2.05, 4.69) is 0 Å². The first-order chi connectivity index (χ1) is 6.46. The Balaban J connectivity index is 2.29. The number of fused-ring (bicyclic) bond motifs is 1. The van der Waals surface area contributed by atoms with E-state index in [1.807, 2.05) is 0 Å². The van der Waals surface area contributed by atoms with Crippen molar-refractivity contribution in [1.29, 1.82) is 0 Å². The van der Waals surface area contributed by atoms with Crippen LogP contribution in [-0.4, -0.2) is 67.9 Å². The molecule has 6 unspecified atom stereocenters. The highest BCUT2D eigenvalue weighted by atomic mass is 16.4. The van der Waals surface area contributed by atoms with Crippen LogP contribution in [0.1, 0.15) is 13.8 Å². The molecule has 2 fully saturated rings. The highest BCUT2D eigenvalue weighted by Crippen LogP contribution is 2.37. The van der Waals surface area contributed by atoms with E-state index in [-0.39, 0.29) is 12.1 Å². The van der Waals surface area contributed by atoms with E-state index in [4.69, 9.17) is 0 Å². The van der Waals surface area contributed by atoms with Gasteiger partial charge in [-0.2, -0.15) is 0 Å². The van der Waals surface area contributed by atoms with E-state index in [1.54, 1.807) is 18.7 Å². The summed E-state index contributed by atoms with van der Waals surface area (Å²) in [6, 6.07) is -0.987. The normalized spacial score (nSPS) is 59.1. The number of aliphatic hydroxyl groups is 4. The molecule has 0 spiro atoms. The van der Waals surface area contributed by atoms with Gasteiger partial charge < -0.3 is 20.4 Å². The largest absolute Gasteiger partial charge is 0.389 e. The van der Waals surface area contributed by atoms with Crippen LogP contribution in [0.2, 0.25) is 0 Å². The second-order valence-corrected chi connectivity index (χ2v) is 4.38. The van der Waals surface area contributed by atoms with Gasteiger partial charge in [0, 0.05) is 12.1 Å². The minimum atomic E-state index is -0.973. The number of rotatable bonds is 0. The molecule has 4 N–H and O–H groups in total. The van der Waals surface area contributed by atoms with Crippen LogP contribution in [0.3, 0.4) is 0 Å². The lowest BCUT2D eigenvalue weighted by molar-refractivity contribution is -0.0273. The van der Waals surface area contributed by atoms with Gasteiger partial charge in [-0.25, -0.2) is 0 Å². The van der Waals surface area contributed by atoms with E-state index < -0.39 is 30.5 Å². The Kier molecular flexibility index (Phi) is 2.32. The van der Waals surface area contributed by atoms with Crippen LogP contribution in [-0.2, 0) is 0 Å². The second kappa shape index (κ2) is 3.15. The molecule has 5 nitrogen and oxygen atoms in total. The summed E-state index contributed by atoms with van der Waals surface area (Å²) in [7, 11) is 0. The lowest BCUT2D eigenvalue weighted by Crippen LogP contribution is -2.42. The first-order valence-corrected chi connectivity index (χ1v) is 4.96. The van der Waals surface area contributed by atoms with E-state index in [0.717, 1.165) is 0 Å². The molecule has 0 aromatic carbocycles. The van der Waals surface area contributed by atoms with Crippen molar-refractivity contribution in [2.24, 2.45) is 0 Å². The first-order valence-electron chi connectivity index (χ1n) is 4.96.